The minimum atomic E-state index is 0. The molecule has 0 radical (unpaired) electrons. The second-order valence-electron chi connectivity index (χ2n) is 3.65. The van der Waals surface area contributed by atoms with Gasteiger partial charge in [-0.15, -0.1) is 0 Å². The van der Waals surface area contributed by atoms with Crippen LogP contribution in [-0.2, 0) is 11.2 Å². The van der Waals surface area contributed by atoms with Crippen LogP contribution in [-0.4, -0.2) is 13.8 Å². The molecule has 2 nitrogen and oxygen atoms in total. The lowest BCUT2D eigenvalue weighted by Gasteiger charge is -1.99. The number of carbonyl (C=O) groups excluding carboxylic acids is 1. The highest BCUT2D eigenvalue weighted by molar-refractivity contribution is 5.14. The van der Waals surface area contributed by atoms with Crippen LogP contribution in [0.3, 0.4) is 0 Å². The number of benzene rings is 1. The largest absolute Gasteiger partial charge is 0.333 e. The van der Waals surface area contributed by atoms with E-state index in [0.29, 0.717) is 0 Å². The Kier molecular flexibility index (Phi) is 26.1. The first kappa shape index (κ1) is 22.7. The summed E-state index contributed by atoms with van der Waals surface area (Å²) in [4.78, 5) is 8.00. The van der Waals surface area contributed by atoms with Crippen LogP contribution in [0.15, 0.2) is 42.5 Å². The normalized spacial score (nSPS) is 8.58. The fourth-order valence-electron chi connectivity index (χ4n) is 1.58. The van der Waals surface area contributed by atoms with E-state index in [1.165, 1.54) is 44.7 Å². The summed E-state index contributed by atoms with van der Waals surface area (Å²) in [7, 11) is 1.50. The Labute approximate surface area is 119 Å². The smallest absolute Gasteiger partial charge is 0.106 e. The molecule has 2 heteroatoms. The van der Waals surface area contributed by atoms with Crippen LogP contribution in [0.1, 0.15) is 45.6 Å². The van der Waals surface area contributed by atoms with E-state index in [1.54, 1.807) is 0 Å². The van der Waals surface area contributed by atoms with Crippen LogP contribution in [0.2, 0.25) is 0 Å². The molecular weight excluding hydrogens is 234 g/mol. The van der Waals surface area contributed by atoms with E-state index in [0.717, 1.165) is 0 Å². The van der Waals surface area contributed by atoms with E-state index in [1.807, 2.05) is 6.79 Å². The molecular formula is C17H31NO. The number of aryl methyl sites for hydroxylation is 1. The van der Waals surface area contributed by atoms with Crippen LogP contribution in [0, 0.1) is 0 Å². The lowest BCUT2D eigenvalue weighted by atomic mass is 10.1. The van der Waals surface area contributed by atoms with Crippen molar-refractivity contribution in [1.82, 2.24) is 0 Å². The number of nitrogens with two attached hydrogens (primary N) is 1. The fraction of sp³-hybridized carbons (Fsp3) is 0.471. The van der Waals surface area contributed by atoms with Crippen molar-refractivity contribution >= 4 is 6.79 Å². The molecule has 0 amide bonds. The van der Waals surface area contributed by atoms with E-state index in [2.05, 4.69) is 55.1 Å². The molecule has 1 aromatic rings. The van der Waals surface area contributed by atoms with Gasteiger partial charge in [-0.2, -0.15) is 0 Å². The van der Waals surface area contributed by atoms with Crippen molar-refractivity contribution in [2.75, 3.05) is 7.05 Å². The number of hydrogen-bond donors (Lipinski definition) is 1. The molecule has 0 saturated carbocycles. The minimum Gasteiger partial charge on any atom is -0.333 e. The molecule has 0 spiro atoms. The topological polar surface area (TPSA) is 43.1 Å². The zero-order valence-corrected chi connectivity index (χ0v) is 11.8. The third-order valence-electron chi connectivity index (χ3n) is 2.41. The highest BCUT2D eigenvalue weighted by Crippen LogP contribution is 2.07. The van der Waals surface area contributed by atoms with Crippen molar-refractivity contribution in [1.29, 1.82) is 0 Å². The van der Waals surface area contributed by atoms with Gasteiger partial charge in [-0.1, -0.05) is 56.3 Å². The average Bonchev–Trinajstić information content (AvgIpc) is 2.48. The monoisotopic (exact) mass is 265 g/mol. The number of hydrogen-bond acceptors (Lipinski definition) is 2. The standard InChI is InChI=1S/C14H20.CH5N.CH2O.CH4/c1-2-3-4-5-6-8-11-14-12-9-7-10-13-14;2*1-2;/h2-3,7,9-10,12-13H,4-6,8,11H2,1H3;2H2,1H3;1H2;1H4/b3-2+;;;. The lowest BCUT2D eigenvalue weighted by molar-refractivity contribution is -0.0979. The van der Waals surface area contributed by atoms with Crippen molar-refractivity contribution in [3.63, 3.8) is 0 Å². The summed E-state index contributed by atoms with van der Waals surface area (Å²) in [5.74, 6) is 0. The zero-order valence-electron chi connectivity index (χ0n) is 11.8. The van der Waals surface area contributed by atoms with Gasteiger partial charge in [0.1, 0.15) is 6.79 Å². The Bertz CT molecular complexity index is 270. The summed E-state index contributed by atoms with van der Waals surface area (Å²) >= 11 is 0. The maximum absolute atomic E-state index is 8.00. The summed E-state index contributed by atoms with van der Waals surface area (Å²) in [6.45, 7) is 4.09. The average molecular weight is 265 g/mol. The van der Waals surface area contributed by atoms with Crippen LogP contribution in [0.25, 0.3) is 0 Å². The van der Waals surface area contributed by atoms with Gasteiger partial charge in [0.25, 0.3) is 0 Å². The third-order valence-corrected chi connectivity index (χ3v) is 2.41. The Balaban J connectivity index is -0.000000467. The van der Waals surface area contributed by atoms with Gasteiger partial charge < -0.3 is 10.5 Å². The van der Waals surface area contributed by atoms with Gasteiger partial charge >= 0.3 is 0 Å². The van der Waals surface area contributed by atoms with E-state index >= 15 is 0 Å². The summed E-state index contributed by atoms with van der Waals surface area (Å²) in [5.41, 5.74) is 5.97. The van der Waals surface area contributed by atoms with Crippen molar-refractivity contribution in [2.24, 2.45) is 5.73 Å². The second-order valence-corrected chi connectivity index (χ2v) is 3.65. The minimum absolute atomic E-state index is 0. The SMILES string of the molecule is C.C/C=C/CCCCCc1ccccc1.C=O.CN. The van der Waals surface area contributed by atoms with Crippen molar-refractivity contribution in [3.8, 4) is 0 Å². The van der Waals surface area contributed by atoms with Gasteiger partial charge in [-0.3, -0.25) is 0 Å². The molecule has 0 aromatic heterocycles. The number of unbranched alkanes of at least 4 members (excludes halogenated alkanes) is 3. The molecule has 0 aliphatic rings. The predicted octanol–water partition coefficient (Wildman–Crippen LogP) is 4.39. The molecule has 19 heavy (non-hydrogen) atoms. The first-order valence-corrected chi connectivity index (χ1v) is 6.45. The summed E-state index contributed by atoms with van der Waals surface area (Å²) in [6.07, 6.45) is 10.9. The summed E-state index contributed by atoms with van der Waals surface area (Å²) < 4.78 is 0. The molecule has 0 bridgehead atoms. The van der Waals surface area contributed by atoms with Crippen molar-refractivity contribution in [2.45, 2.75) is 46.5 Å². The maximum Gasteiger partial charge on any atom is 0.106 e. The lowest BCUT2D eigenvalue weighted by Crippen LogP contribution is -1.84. The molecule has 0 saturated heterocycles. The van der Waals surface area contributed by atoms with Gasteiger partial charge in [0.05, 0.1) is 0 Å². The molecule has 1 rings (SSSR count). The van der Waals surface area contributed by atoms with Crippen molar-refractivity contribution in [3.05, 3.63) is 48.0 Å². The number of carbonyl (C=O) groups is 1. The highest BCUT2D eigenvalue weighted by Gasteiger charge is 1.91. The molecule has 0 atom stereocenters. The zero-order chi connectivity index (χ0) is 14.1. The highest BCUT2D eigenvalue weighted by atomic mass is 16.1. The van der Waals surface area contributed by atoms with Crippen LogP contribution in [0.5, 0.6) is 0 Å². The Morgan fingerprint density at radius 1 is 1.05 bits per heavy atom. The van der Waals surface area contributed by atoms with Gasteiger partial charge in [0, 0.05) is 0 Å². The van der Waals surface area contributed by atoms with Crippen molar-refractivity contribution < 1.29 is 4.79 Å². The van der Waals surface area contributed by atoms with Gasteiger partial charge in [-0.25, -0.2) is 0 Å². The van der Waals surface area contributed by atoms with E-state index in [-0.39, 0.29) is 7.43 Å². The maximum atomic E-state index is 8.00. The number of allylic oxidation sites excluding steroid dienone is 2. The molecule has 2 N–H and O–H groups in total. The number of rotatable bonds is 6. The predicted molar refractivity (Wildman–Crippen MR) is 87.4 cm³/mol. The van der Waals surface area contributed by atoms with Crippen LogP contribution < -0.4 is 5.73 Å². The summed E-state index contributed by atoms with van der Waals surface area (Å²) in [6, 6.07) is 10.7. The van der Waals surface area contributed by atoms with Gasteiger partial charge in [-0.05, 0) is 45.2 Å². The Hall–Kier alpha value is -1.41. The molecule has 0 fully saturated rings. The Morgan fingerprint density at radius 3 is 2.16 bits per heavy atom. The van der Waals surface area contributed by atoms with Crippen LogP contribution in [0.4, 0.5) is 0 Å². The molecule has 110 valence electrons. The first-order valence-electron chi connectivity index (χ1n) is 6.45. The molecule has 0 heterocycles. The first-order chi connectivity index (χ1) is 8.93. The van der Waals surface area contributed by atoms with E-state index in [4.69, 9.17) is 4.79 Å². The third kappa shape index (κ3) is 16.6. The molecule has 0 unspecified atom stereocenters. The fourth-order valence-corrected chi connectivity index (χ4v) is 1.58. The molecule has 0 aliphatic carbocycles. The molecule has 1 aromatic carbocycles. The second kappa shape index (κ2) is 21.8. The van der Waals surface area contributed by atoms with E-state index < -0.39 is 0 Å². The molecule has 0 aliphatic heterocycles. The van der Waals surface area contributed by atoms with Gasteiger partial charge in [0.2, 0.25) is 0 Å². The Morgan fingerprint density at radius 2 is 1.63 bits per heavy atom. The van der Waals surface area contributed by atoms with Gasteiger partial charge in [0.15, 0.2) is 0 Å². The quantitative estimate of drug-likeness (QED) is 0.612. The summed E-state index contributed by atoms with van der Waals surface area (Å²) in [5, 5.41) is 0. The van der Waals surface area contributed by atoms with Crippen LogP contribution >= 0.6 is 0 Å². The van der Waals surface area contributed by atoms with E-state index in [9.17, 15) is 0 Å².